The quantitative estimate of drug-likeness (QED) is 0.841. The van der Waals surface area contributed by atoms with Crippen LogP contribution in [0.3, 0.4) is 0 Å². The Kier molecular flexibility index (Phi) is 4.72. The predicted molar refractivity (Wildman–Crippen MR) is 62.5 cm³/mol. The molecule has 1 N–H and O–H groups in total. The second-order valence-corrected chi connectivity index (χ2v) is 3.57. The molecule has 0 unspecified atom stereocenters. The van der Waals surface area contributed by atoms with Crippen LogP contribution in [0.2, 0.25) is 0 Å². The van der Waals surface area contributed by atoms with Gasteiger partial charge in [0.25, 0.3) is 0 Å². The van der Waals surface area contributed by atoms with E-state index in [-0.39, 0.29) is 6.03 Å². The van der Waals surface area contributed by atoms with E-state index in [1.54, 1.807) is 31.3 Å². The summed E-state index contributed by atoms with van der Waals surface area (Å²) >= 11 is 0. The summed E-state index contributed by atoms with van der Waals surface area (Å²) in [5, 5.41) is 2.70. The highest BCUT2D eigenvalue weighted by atomic mass is 16.5. The second kappa shape index (κ2) is 6.07. The molecule has 5 nitrogen and oxygen atoms in total. The van der Waals surface area contributed by atoms with Gasteiger partial charge >= 0.3 is 6.03 Å². The molecular formula is C11H17N3O2. The highest BCUT2D eigenvalue weighted by molar-refractivity contribution is 5.88. The van der Waals surface area contributed by atoms with Gasteiger partial charge in [0.05, 0.1) is 6.61 Å². The van der Waals surface area contributed by atoms with E-state index in [4.69, 9.17) is 4.74 Å². The maximum absolute atomic E-state index is 11.6. The first kappa shape index (κ1) is 12.4. The van der Waals surface area contributed by atoms with Crippen molar-refractivity contribution in [3.63, 3.8) is 0 Å². The minimum Gasteiger partial charge on any atom is -0.383 e. The van der Waals surface area contributed by atoms with E-state index in [9.17, 15) is 4.79 Å². The molecule has 0 fully saturated rings. The number of anilines is 1. The number of carbonyl (C=O) groups excluding carboxylic acids is 1. The standard InChI is InChI=1S/C11H17N3O2/c1-9-4-5-10(12-8-9)13-11(15)14(2)6-7-16-3/h4-5,8H,6-7H2,1-3H3,(H,12,13,15). The van der Waals surface area contributed by atoms with Gasteiger partial charge in [0.1, 0.15) is 5.82 Å². The van der Waals surface area contributed by atoms with Crippen molar-refractivity contribution < 1.29 is 9.53 Å². The Balaban J connectivity index is 2.47. The van der Waals surface area contributed by atoms with E-state index in [1.807, 2.05) is 13.0 Å². The number of ether oxygens (including phenoxy) is 1. The van der Waals surface area contributed by atoms with Crippen LogP contribution in [0.15, 0.2) is 18.3 Å². The molecule has 0 aromatic carbocycles. The summed E-state index contributed by atoms with van der Waals surface area (Å²) in [4.78, 5) is 17.3. The Hall–Kier alpha value is -1.62. The van der Waals surface area contributed by atoms with Crippen LogP contribution in [0.25, 0.3) is 0 Å². The number of carbonyl (C=O) groups is 1. The van der Waals surface area contributed by atoms with E-state index >= 15 is 0 Å². The van der Waals surface area contributed by atoms with Crippen LogP contribution in [0.4, 0.5) is 10.6 Å². The lowest BCUT2D eigenvalue weighted by Gasteiger charge is -2.16. The average molecular weight is 223 g/mol. The molecule has 1 aromatic heterocycles. The fourth-order valence-electron chi connectivity index (χ4n) is 1.08. The molecule has 5 heteroatoms. The minimum atomic E-state index is -0.187. The summed E-state index contributed by atoms with van der Waals surface area (Å²) < 4.78 is 4.89. The van der Waals surface area contributed by atoms with Crippen LogP contribution < -0.4 is 5.32 Å². The number of amides is 2. The number of rotatable bonds is 4. The third-order valence-electron chi connectivity index (χ3n) is 2.12. The summed E-state index contributed by atoms with van der Waals surface area (Å²) in [6, 6.07) is 3.49. The molecule has 0 aliphatic rings. The molecule has 0 radical (unpaired) electrons. The summed E-state index contributed by atoms with van der Waals surface area (Å²) in [5.74, 6) is 0.555. The van der Waals surface area contributed by atoms with Crippen LogP contribution in [-0.2, 0) is 4.74 Å². The van der Waals surface area contributed by atoms with Crippen molar-refractivity contribution in [3.05, 3.63) is 23.9 Å². The molecule has 2 amide bonds. The third kappa shape index (κ3) is 3.86. The lowest BCUT2D eigenvalue weighted by Crippen LogP contribution is -2.34. The van der Waals surface area contributed by atoms with Gasteiger partial charge in [0.2, 0.25) is 0 Å². The normalized spacial score (nSPS) is 9.94. The van der Waals surface area contributed by atoms with E-state index < -0.39 is 0 Å². The Morgan fingerprint density at radius 1 is 1.56 bits per heavy atom. The summed E-state index contributed by atoms with van der Waals surface area (Å²) in [6.07, 6.45) is 1.71. The molecule has 0 aliphatic heterocycles. The van der Waals surface area contributed by atoms with Crippen molar-refractivity contribution in [1.82, 2.24) is 9.88 Å². The number of urea groups is 1. The van der Waals surface area contributed by atoms with Crippen LogP contribution in [-0.4, -0.2) is 43.2 Å². The van der Waals surface area contributed by atoms with Crippen molar-refractivity contribution in [3.8, 4) is 0 Å². The highest BCUT2D eigenvalue weighted by Gasteiger charge is 2.08. The largest absolute Gasteiger partial charge is 0.383 e. The molecule has 0 spiro atoms. The molecule has 1 rings (SSSR count). The molecule has 16 heavy (non-hydrogen) atoms. The Bertz CT molecular complexity index is 338. The van der Waals surface area contributed by atoms with Crippen molar-refractivity contribution in [2.75, 3.05) is 32.6 Å². The topological polar surface area (TPSA) is 54.5 Å². The number of aryl methyl sites for hydroxylation is 1. The fraction of sp³-hybridized carbons (Fsp3) is 0.455. The van der Waals surface area contributed by atoms with Crippen LogP contribution in [0.5, 0.6) is 0 Å². The maximum atomic E-state index is 11.6. The van der Waals surface area contributed by atoms with E-state index in [0.29, 0.717) is 19.0 Å². The summed E-state index contributed by atoms with van der Waals surface area (Å²) in [7, 11) is 3.32. The van der Waals surface area contributed by atoms with Gasteiger partial charge in [-0.2, -0.15) is 0 Å². The fourth-order valence-corrected chi connectivity index (χ4v) is 1.08. The molecule has 0 bridgehead atoms. The molecule has 0 saturated carbocycles. The van der Waals surface area contributed by atoms with Crippen LogP contribution >= 0.6 is 0 Å². The van der Waals surface area contributed by atoms with Gasteiger partial charge in [-0.3, -0.25) is 5.32 Å². The SMILES string of the molecule is COCCN(C)C(=O)Nc1ccc(C)cn1. The van der Waals surface area contributed by atoms with Gasteiger partial charge < -0.3 is 9.64 Å². The lowest BCUT2D eigenvalue weighted by molar-refractivity contribution is 0.165. The Labute approximate surface area is 95.4 Å². The summed E-state index contributed by atoms with van der Waals surface area (Å²) in [5.41, 5.74) is 1.06. The molecule has 1 heterocycles. The zero-order chi connectivity index (χ0) is 12.0. The summed E-state index contributed by atoms with van der Waals surface area (Å²) in [6.45, 7) is 3.02. The van der Waals surface area contributed by atoms with E-state index in [2.05, 4.69) is 10.3 Å². The number of nitrogens with one attached hydrogen (secondary N) is 1. The zero-order valence-electron chi connectivity index (χ0n) is 9.86. The van der Waals surface area contributed by atoms with Gasteiger partial charge in [-0.1, -0.05) is 6.07 Å². The van der Waals surface area contributed by atoms with Crippen LogP contribution in [0.1, 0.15) is 5.56 Å². The molecule has 1 aromatic rings. The van der Waals surface area contributed by atoms with Gasteiger partial charge in [-0.05, 0) is 18.6 Å². The average Bonchev–Trinajstić information content (AvgIpc) is 2.29. The zero-order valence-corrected chi connectivity index (χ0v) is 9.86. The van der Waals surface area contributed by atoms with Crippen molar-refractivity contribution in [2.45, 2.75) is 6.92 Å². The van der Waals surface area contributed by atoms with Gasteiger partial charge in [-0.25, -0.2) is 9.78 Å². The number of aromatic nitrogens is 1. The Morgan fingerprint density at radius 3 is 2.88 bits per heavy atom. The predicted octanol–water partition coefficient (Wildman–Crippen LogP) is 1.50. The third-order valence-corrected chi connectivity index (χ3v) is 2.12. The minimum absolute atomic E-state index is 0.187. The molecule has 0 atom stereocenters. The highest BCUT2D eigenvalue weighted by Crippen LogP contribution is 2.04. The number of methoxy groups -OCH3 is 1. The van der Waals surface area contributed by atoms with Crippen LogP contribution in [0, 0.1) is 6.92 Å². The number of nitrogens with zero attached hydrogens (tertiary/aromatic N) is 2. The smallest absolute Gasteiger partial charge is 0.322 e. The maximum Gasteiger partial charge on any atom is 0.322 e. The number of likely N-dealkylation sites (N-methyl/N-ethyl adjacent to an activating group) is 1. The number of hydrogen-bond acceptors (Lipinski definition) is 3. The lowest BCUT2D eigenvalue weighted by atomic mass is 10.3. The number of hydrogen-bond donors (Lipinski definition) is 1. The van der Waals surface area contributed by atoms with E-state index in [0.717, 1.165) is 5.56 Å². The monoisotopic (exact) mass is 223 g/mol. The molecule has 88 valence electrons. The van der Waals surface area contributed by atoms with Gasteiger partial charge in [0, 0.05) is 26.9 Å². The van der Waals surface area contributed by atoms with Crippen molar-refractivity contribution in [1.29, 1.82) is 0 Å². The van der Waals surface area contributed by atoms with E-state index in [1.165, 1.54) is 0 Å². The first-order valence-corrected chi connectivity index (χ1v) is 5.07. The molecule has 0 aliphatic carbocycles. The first-order chi connectivity index (χ1) is 7.63. The van der Waals surface area contributed by atoms with Gasteiger partial charge in [0.15, 0.2) is 0 Å². The molecular weight excluding hydrogens is 206 g/mol. The van der Waals surface area contributed by atoms with Gasteiger partial charge in [-0.15, -0.1) is 0 Å². The molecule has 0 saturated heterocycles. The second-order valence-electron chi connectivity index (χ2n) is 3.57. The first-order valence-electron chi connectivity index (χ1n) is 5.07. The van der Waals surface area contributed by atoms with Crippen molar-refractivity contribution in [2.24, 2.45) is 0 Å². The Morgan fingerprint density at radius 2 is 2.31 bits per heavy atom. The number of pyridine rings is 1. The van der Waals surface area contributed by atoms with Crippen molar-refractivity contribution >= 4 is 11.8 Å².